The predicted octanol–water partition coefficient (Wildman–Crippen LogP) is 3.71. The van der Waals surface area contributed by atoms with Gasteiger partial charge in [-0.05, 0) is 36.1 Å². The van der Waals surface area contributed by atoms with Gasteiger partial charge >= 0.3 is 6.18 Å². The first kappa shape index (κ1) is 20.0. The number of hydrogen-bond acceptors (Lipinski definition) is 5. The summed E-state index contributed by atoms with van der Waals surface area (Å²) < 4.78 is 42.2. The molecule has 0 radical (unpaired) electrons. The van der Waals surface area contributed by atoms with Crippen molar-refractivity contribution in [1.29, 1.82) is 5.26 Å². The Morgan fingerprint density at radius 3 is 2.70 bits per heavy atom. The van der Waals surface area contributed by atoms with Crippen molar-refractivity contribution in [3.8, 4) is 11.8 Å². The van der Waals surface area contributed by atoms with E-state index in [-0.39, 0.29) is 40.5 Å². The zero-order valence-electron chi connectivity index (χ0n) is 15.8. The highest BCUT2D eigenvalue weighted by Crippen LogP contribution is 2.54. The number of nitrogens with one attached hydrogen (secondary N) is 2. The molecule has 4 rings (SSSR count). The third kappa shape index (κ3) is 2.87. The fourth-order valence-corrected chi connectivity index (χ4v) is 4.44. The summed E-state index contributed by atoms with van der Waals surface area (Å²) in [6, 6.07) is 7.50. The number of alkyl halides is 3. The SMILES string of the molecule is C[C@@H]1C[C@](O)(C(F)(F)F)[C@@H](Nc2cccc3c2CC(=O)N3)c2ccc(C#N)c(O)c21. The van der Waals surface area contributed by atoms with E-state index < -0.39 is 30.2 Å². The number of carbonyl (C=O) groups excluding carboxylic acids is 1. The van der Waals surface area contributed by atoms with E-state index in [1.807, 2.05) is 6.07 Å². The number of nitrogens with zero attached hydrogens (tertiary/aromatic N) is 1. The van der Waals surface area contributed by atoms with E-state index in [1.165, 1.54) is 25.1 Å². The molecule has 3 atom stereocenters. The molecule has 0 fully saturated rings. The van der Waals surface area contributed by atoms with Crippen LogP contribution < -0.4 is 10.6 Å². The van der Waals surface area contributed by atoms with Gasteiger partial charge in [-0.2, -0.15) is 18.4 Å². The van der Waals surface area contributed by atoms with Crippen molar-refractivity contribution in [2.75, 3.05) is 10.6 Å². The van der Waals surface area contributed by atoms with Gasteiger partial charge in [0.1, 0.15) is 11.8 Å². The molecule has 6 nitrogen and oxygen atoms in total. The maximum Gasteiger partial charge on any atom is 0.419 e. The molecule has 0 aromatic heterocycles. The lowest BCUT2D eigenvalue weighted by Crippen LogP contribution is -2.55. The number of carbonyl (C=O) groups is 1. The van der Waals surface area contributed by atoms with Crippen LogP contribution in [0.5, 0.6) is 5.75 Å². The third-order valence-electron chi connectivity index (χ3n) is 5.85. The van der Waals surface area contributed by atoms with Crippen LogP contribution in [0, 0.1) is 11.3 Å². The van der Waals surface area contributed by atoms with Crippen molar-refractivity contribution in [2.24, 2.45) is 0 Å². The molecular formula is C21H18F3N3O3. The van der Waals surface area contributed by atoms with Gasteiger partial charge in [0.25, 0.3) is 0 Å². The maximum atomic E-state index is 14.1. The van der Waals surface area contributed by atoms with Crippen LogP contribution in [0.2, 0.25) is 0 Å². The first-order valence-electron chi connectivity index (χ1n) is 9.30. The molecular weight excluding hydrogens is 399 g/mol. The number of aromatic hydroxyl groups is 1. The van der Waals surface area contributed by atoms with Crippen molar-refractivity contribution in [3.63, 3.8) is 0 Å². The van der Waals surface area contributed by atoms with Crippen LogP contribution in [0.15, 0.2) is 30.3 Å². The molecule has 2 aromatic carbocycles. The molecule has 0 saturated heterocycles. The second-order valence-electron chi connectivity index (χ2n) is 7.74. The Bertz CT molecular complexity index is 1090. The molecule has 0 unspecified atom stereocenters. The summed E-state index contributed by atoms with van der Waals surface area (Å²) in [6.07, 6.45) is -5.67. The first-order valence-corrected chi connectivity index (χ1v) is 9.30. The summed E-state index contributed by atoms with van der Waals surface area (Å²) in [6.45, 7) is 1.47. The fourth-order valence-electron chi connectivity index (χ4n) is 4.44. The van der Waals surface area contributed by atoms with Crippen molar-refractivity contribution < 1.29 is 28.2 Å². The van der Waals surface area contributed by atoms with E-state index in [0.717, 1.165) is 0 Å². The highest BCUT2D eigenvalue weighted by atomic mass is 19.4. The van der Waals surface area contributed by atoms with Crippen LogP contribution in [0.25, 0.3) is 0 Å². The topological polar surface area (TPSA) is 105 Å². The number of benzene rings is 2. The molecule has 1 heterocycles. The summed E-state index contributed by atoms with van der Waals surface area (Å²) >= 11 is 0. The number of fused-ring (bicyclic) bond motifs is 2. The van der Waals surface area contributed by atoms with Crippen molar-refractivity contribution in [3.05, 3.63) is 52.6 Å². The van der Waals surface area contributed by atoms with Crippen LogP contribution >= 0.6 is 0 Å². The quantitative estimate of drug-likeness (QED) is 0.596. The van der Waals surface area contributed by atoms with Crippen molar-refractivity contribution in [2.45, 2.75) is 43.5 Å². The predicted molar refractivity (Wildman–Crippen MR) is 102 cm³/mol. The Hall–Kier alpha value is -3.25. The van der Waals surface area contributed by atoms with E-state index in [1.54, 1.807) is 12.1 Å². The summed E-state index contributed by atoms with van der Waals surface area (Å²) in [5.41, 5.74) is -1.64. The van der Waals surface area contributed by atoms with E-state index in [2.05, 4.69) is 10.6 Å². The minimum atomic E-state index is -4.97. The van der Waals surface area contributed by atoms with Gasteiger partial charge in [0.2, 0.25) is 5.91 Å². The Morgan fingerprint density at radius 1 is 1.30 bits per heavy atom. The van der Waals surface area contributed by atoms with E-state index in [0.29, 0.717) is 11.3 Å². The Labute approximate surface area is 170 Å². The average molecular weight is 417 g/mol. The molecule has 156 valence electrons. The number of halogens is 3. The lowest BCUT2D eigenvalue weighted by molar-refractivity contribution is -0.272. The van der Waals surface area contributed by atoms with Gasteiger partial charge in [-0.15, -0.1) is 0 Å². The van der Waals surface area contributed by atoms with Crippen LogP contribution in [-0.2, 0) is 11.2 Å². The third-order valence-corrected chi connectivity index (χ3v) is 5.85. The highest BCUT2D eigenvalue weighted by molar-refractivity contribution is 6.01. The standard InChI is InChI=1S/C21H18F3N3O3/c1-10-8-20(30,21(22,23)24)19(12-6-5-11(9-25)18(29)17(10)12)27-15-4-2-3-14-13(15)7-16(28)26-14/h2-6,10,19,27,29-30H,7-8H2,1H3,(H,26,28)/t10-,19+,20-/m1/s1. The molecule has 30 heavy (non-hydrogen) atoms. The number of anilines is 2. The zero-order chi connectivity index (χ0) is 21.8. The molecule has 1 aliphatic heterocycles. The average Bonchev–Trinajstić information content (AvgIpc) is 3.05. The van der Waals surface area contributed by atoms with Crippen LogP contribution in [0.3, 0.4) is 0 Å². The van der Waals surface area contributed by atoms with Gasteiger partial charge in [0.05, 0.1) is 18.0 Å². The molecule has 0 saturated carbocycles. The Kier molecular flexibility index (Phi) is 4.43. The molecule has 4 N–H and O–H groups in total. The van der Waals surface area contributed by atoms with Gasteiger partial charge in [-0.25, -0.2) is 0 Å². The minimum Gasteiger partial charge on any atom is -0.506 e. The molecule has 2 aromatic rings. The number of amides is 1. The van der Waals surface area contributed by atoms with Gasteiger partial charge < -0.3 is 20.8 Å². The highest BCUT2D eigenvalue weighted by Gasteiger charge is 2.62. The normalized spacial score (nSPS) is 25.1. The molecule has 0 bridgehead atoms. The van der Waals surface area contributed by atoms with E-state index >= 15 is 0 Å². The van der Waals surface area contributed by atoms with Gasteiger partial charge in [-0.3, -0.25) is 4.79 Å². The second kappa shape index (κ2) is 6.64. The van der Waals surface area contributed by atoms with Gasteiger partial charge in [0, 0.05) is 22.5 Å². The molecule has 1 aliphatic carbocycles. The summed E-state index contributed by atoms with van der Waals surface area (Å²) in [5, 5.41) is 35.9. The lowest BCUT2D eigenvalue weighted by Gasteiger charge is -2.45. The fraction of sp³-hybridized carbons (Fsp3) is 0.333. The van der Waals surface area contributed by atoms with Gasteiger partial charge in [-0.1, -0.05) is 19.1 Å². The number of phenols is 1. The monoisotopic (exact) mass is 417 g/mol. The largest absolute Gasteiger partial charge is 0.506 e. The van der Waals surface area contributed by atoms with Crippen molar-refractivity contribution in [1.82, 2.24) is 0 Å². The number of hydrogen-bond donors (Lipinski definition) is 4. The first-order chi connectivity index (χ1) is 14.1. The minimum absolute atomic E-state index is 0.00243. The summed E-state index contributed by atoms with van der Waals surface area (Å²) in [4.78, 5) is 11.8. The van der Waals surface area contributed by atoms with Crippen LogP contribution in [0.4, 0.5) is 24.5 Å². The lowest BCUT2D eigenvalue weighted by atomic mass is 9.70. The molecule has 9 heteroatoms. The molecule has 1 amide bonds. The smallest absolute Gasteiger partial charge is 0.419 e. The maximum absolute atomic E-state index is 14.1. The number of aliphatic hydroxyl groups is 1. The van der Waals surface area contributed by atoms with E-state index in [9.17, 15) is 33.4 Å². The van der Waals surface area contributed by atoms with Gasteiger partial charge in [0.15, 0.2) is 5.60 Å². The van der Waals surface area contributed by atoms with Crippen LogP contribution in [-0.4, -0.2) is 27.9 Å². The number of rotatable bonds is 2. The van der Waals surface area contributed by atoms with E-state index in [4.69, 9.17) is 0 Å². The molecule has 0 spiro atoms. The Balaban J connectivity index is 1.89. The van der Waals surface area contributed by atoms with Crippen LogP contribution in [0.1, 0.15) is 47.6 Å². The van der Waals surface area contributed by atoms with Crippen molar-refractivity contribution >= 4 is 17.3 Å². The molecule has 2 aliphatic rings. The number of phenolic OH excluding ortho intramolecular Hbond substituents is 1. The zero-order valence-corrected chi connectivity index (χ0v) is 15.8. The summed E-state index contributed by atoms with van der Waals surface area (Å²) in [7, 11) is 0. The summed E-state index contributed by atoms with van der Waals surface area (Å²) in [5.74, 6) is -1.50. The number of nitriles is 1. The Morgan fingerprint density at radius 2 is 2.03 bits per heavy atom. The second-order valence-corrected chi connectivity index (χ2v) is 7.74.